The summed E-state index contributed by atoms with van der Waals surface area (Å²) in [5.74, 6) is -1.68. The van der Waals surface area contributed by atoms with E-state index >= 15 is 0 Å². The quantitative estimate of drug-likeness (QED) is 0.323. The van der Waals surface area contributed by atoms with Crippen molar-refractivity contribution in [1.82, 2.24) is 19.9 Å². The van der Waals surface area contributed by atoms with Crippen molar-refractivity contribution in [1.29, 1.82) is 0 Å². The van der Waals surface area contributed by atoms with E-state index in [-0.39, 0.29) is 23.9 Å². The van der Waals surface area contributed by atoms with Crippen LogP contribution in [0.4, 0.5) is 31.8 Å². The molecular weight excluding hydrogens is 458 g/mol. The Hall–Kier alpha value is -4.38. The van der Waals surface area contributed by atoms with Gasteiger partial charge in [0.05, 0.1) is 25.5 Å². The van der Waals surface area contributed by atoms with E-state index in [1.807, 2.05) is 24.3 Å². The van der Waals surface area contributed by atoms with Crippen LogP contribution in [0, 0.1) is 11.6 Å². The molecule has 11 heteroatoms. The molecule has 0 amide bonds. The fraction of sp³-hybridized carbons (Fsp3) is 0.167. The number of aliphatic hydroxyl groups excluding tert-OH is 1. The first-order valence-electron chi connectivity index (χ1n) is 10.5. The normalized spacial score (nSPS) is 10.7. The fourth-order valence-electron chi connectivity index (χ4n) is 3.38. The van der Waals surface area contributed by atoms with Crippen LogP contribution >= 0.6 is 0 Å². The number of nitrogens with zero attached hydrogens (tertiary/aromatic N) is 4. The Balaban J connectivity index is 1.68. The van der Waals surface area contributed by atoms with Gasteiger partial charge in [0, 0.05) is 30.6 Å². The van der Waals surface area contributed by atoms with E-state index in [1.165, 1.54) is 33.1 Å². The summed E-state index contributed by atoms with van der Waals surface area (Å²) in [6, 6.07) is 10.3. The number of nitrogens with one attached hydrogen (secondary N) is 2. The number of benzene rings is 2. The molecule has 2 aromatic heterocycles. The molecule has 4 rings (SSSR count). The lowest BCUT2D eigenvalue weighted by molar-refractivity contribution is 0.299. The zero-order valence-corrected chi connectivity index (χ0v) is 18.9. The van der Waals surface area contributed by atoms with E-state index in [2.05, 4.69) is 30.6 Å². The van der Waals surface area contributed by atoms with Crippen molar-refractivity contribution in [2.24, 2.45) is 0 Å². The van der Waals surface area contributed by atoms with Gasteiger partial charge in [-0.1, -0.05) is 12.1 Å². The highest BCUT2D eigenvalue weighted by molar-refractivity contribution is 5.78. The van der Waals surface area contributed by atoms with E-state index in [0.29, 0.717) is 23.5 Å². The number of ether oxygens (including phenoxy) is 2. The van der Waals surface area contributed by atoms with Gasteiger partial charge in [-0.25, -0.2) is 28.7 Å². The largest absolute Gasteiger partial charge is 0.493 e. The smallest absolute Gasteiger partial charge is 0.191 e. The monoisotopic (exact) mass is 480 g/mol. The van der Waals surface area contributed by atoms with Crippen LogP contribution < -0.4 is 20.1 Å². The van der Waals surface area contributed by atoms with Crippen LogP contribution in [0.15, 0.2) is 55.2 Å². The molecule has 0 fully saturated rings. The summed E-state index contributed by atoms with van der Waals surface area (Å²) in [7, 11) is 2.54. The molecule has 4 aromatic rings. The van der Waals surface area contributed by atoms with Gasteiger partial charge in [-0.05, 0) is 24.1 Å². The molecule has 9 nitrogen and oxygen atoms in total. The van der Waals surface area contributed by atoms with Crippen molar-refractivity contribution in [3.8, 4) is 22.8 Å². The number of hydrogen-bond acceptors (Lipinski definition) is 9. The van der Waals surface area contributed by atoms with Crippen LogP contribution in [0.3, 0.4) is 0 Å². The fourth-order valence-corrected chi connectivity index (χ4v) is 3.38. The van der Waals surface area contributed by atoms with Gasteiger partial charge in [-0.2, -0.15) is 0 Å². The maximum absolute atomic E-state index is 14.9. The predicted molar refractivity (Wildman–Crippen MR) is 126 cm³/mol. The molecule has 180 valence electrons. The number of anilines is 4. The third-order valence-corrected chi connectivity index (χ3v) is 5.07. The van der Waals surface area contributed by atoms with Crippen LogP contribution in [0.25, 0.3) is 11.3 Å². The Bertz CT molecular complexity index is 1310. The summed E-state index contributed by atoms with van der Waals surface area (Å²) in [4.78, 5) is 16.7. The molecular formula is C24H22F2N6O3. The number of hydrogen-bond donors (Lipinski definition) is 3. The predicted octanol–water partition coefficient (Wildman–Crippen LogP) is 4.25. The highest BCUT2D eigenvalue weighted by Crippen LogP contribution is 2.37. The minimum absolute atomic E-state index is 0.0469. The lowest BCUT2D eigenvalue weighted by atomic mass is 10.1. The Labute approximate surface area is 199 Å². The number of halogens is 2. The van der Waals surface area contributed by atoms with E-state index in [9.17, 15) is 8.78 Å². The second-order valence-corrected chi connectivity index (χ2v) is 7.28. The summed E-state index contributed by atoms with van der Waals surface area (Å²) in [5.41, 5.74) is 2.04. The van der Waals surface area contributed by atoms with Crippen molar-refractivity contribution in [3.05, 3.63) is 72.4 Å². The summed E-state index contributed by atoms with van der Waals surface area (Å²) < 4.78 is 39.8. The summed E-state index contributed by atoms with van der Waals surface area (Å²) in [6.45, 7) is 0.0469. The first-order valence-corrected chi connectivity index (χ1v) is 10.5. The maximum atomic E-state index is 14.9. The SMILES string of the molecule is COc1cc(OC)c(F)c(Nc2ncncc2-c2cc(Nc3cccc(CCO)c3)ncn2)c1F. The summed E-state index contributed by atoms with van der Waals surface area (Å²) in [6.07, 6.45) is 4.59. The zero-order valence-electron chi connectivity index (χ0n) is 18.9. The van der Waals surface area contributed by atoms with Gasteiger partial charge in [-0.3, -0.25) is 0 Å². The van der Waals surface area contributed by atoms with Gasteiger partial charge >= 0.3 is 0 Å². The third-order valence-electron chi connectivity index (χ3n) is 5.07. The molecule has 0 atom stereocenters. The van der Waals surface area contributed by atoms with Crippen molar-refractivity contribution in [2.45, 2.75) is 6.42 Å². The van der Waals surface area contributed by atoms with Crippen molar-refractivity contribution >= 4 is 23.0 Å². The van der Waals surface area contributed by atoms with E-state index < -0.39 is 17.3 Å². The van der Waals surface area contributed by atoms with Gasteiger partial charge in [-0.15, -0.1) is 0 Å². The Kier molecular flexibility index (Phi) is 7.27. The molecule has 0 aliphatic carbocycles. The molecule has 0 spiro atoms. The Morgan fingerprint density at radius 2 is 1.69 bits per heavy atom. The van der Waals surface area contributed by atoms with E-state index in [0.717, 1.165) is 17.3 Å². The molecule has 0 aliphatic heterocycles. The van der Waals surface area contributed by atoms with Gasteiger partial charge in [0.1, 0.15) is 30.0 Å². The first-order chi connectivity index (χ1) is 17.0. The molecule has 0 saturated carbocycles. The Morgan fingerprint density at radius 3 is 2.40 bits per heavy atom. The molecule has 0 saturated heterocycles. The van der Waals surface area contributed by atoms with Crippen LogP contribution in [0.1, 0.15) is 5.56 Å². The third kappa shape index (κ3) is 5.25. The van der Waals surface area contributed by atoms with Gasteiger partial charge in [0.25, 0.3) is 0 Å². The van der Waals surface area contributed by atoms with Gasteiger partial charge in [0.2, 0.25) is 0 Å². The number of aromatic nitrogens is 4. The maximum Gasteiger partial charge on any atom is 0.191 e. The standard InChI is InChI=1S/C24H22F2N6O3/c1-34-18-10-19(35-2)22(26)23(21(18)25)32-24-16(11-27-12-30-24)17-9-20(29-13-28-17)31-15-5-3-4-14(8-15)6-7-33/h3-5,8-13,33H,6-7H2,1-2H3,(H,27,30,32)(H,28,29,31). The minimum atomic E-state index is -0.942. The first kappa shape index (κ1) is 23.8. The molecule has 3 N–H and O–H groups in total. The molecule has 0 aliphatic rings. The second kappa shape index (κ2) is 10.7. The van der Waals surface area contributed by atoms with Crippen molar-refractivity contribution < 1.29 is 23.4 Å². The number of rotatable bonds is 9. The van der Waals surface area contributed by atoms with Gasteiger partial charge in [0.15, 0.2) is 23.1 Å². The topological polar surface area (TPSA) is 114 Å². The Morgan fingerprint density at radius 1 is 0.914 bits per heavy atom. The van der Waals surface area contributed by atoms with Crippen molar-refractivity contribution in [2.75, 3.05) is 31.5 Å². The van der Waals surface area contributed by atoms with Crippen molar-refractivity contribution in [3.63, 3.8) is 0 Å². The summed E-state index contributed by atoms with van der Waals surface area (Å²) >= 11 is 0. The van der Waals surface area contributed by atoms with Gasteiger partial charge < -0.3 is 25.2 Å². The highest BCUT2D eigenvalue weighted by Gasteiger charge is 2.22. The highest BCUT2D eigenvalue weighted by atomic mass is 19.1. The average Bonchev–Trinajstić information content (AvgIpc) is 2.87. The summed E-state index contributed by atoms with van der Waals surface area (Å²) in [5, 5.41) is 15.0. The lowest BCUT2D eigenvalue weighted by Gasteiger charge is -2.15. The average molecular weight is 480 g/mol. The van der Waals surface area contributed by atoms with E-state index in [4.69, 9.17) is 14.6 Å². The van der Waals surface area contributed by atoms with Crippen LogP contribution in [-0.4, -0.2) is 45.9 Å². The molecule has 2 heterocycles. The number of methoxy groups -OCH3 is 2. The van der Waals surface area contributed by atoms with E-state index in [1.54, 1.807) is 6.07 Å². The molecule has 0 radical (unpaired) electrons. The lowest BCUT2D eigenvalue weighted by Crippen LogP contribution is -2.05. The minimum Gasteiger partial charge on any atom is -0.493 e. The molecule has 0 unspecified atom stereocenters. The van der Waals surface area contributed by atoms with Crippen LogP contribution in [0.5, 0.6) is 11.5 Å². The number of aliphatic hydroxyl groups is 1. The molecule has 0 bridgehead atoms. The van der Waals surface area contributed by atoms with Crippen LogP contribution in [0.2, 0.25) is 0 Å². The second-order valence-electron chi connectivity index (χ2n) is 7.28. The van der Waals surface area contributed by atoms with Crippen LogP contribution in [-0.2, 0) is 6.42 Å². The zero-order chi connectivity index (χ0) is 24.8. The molecule has 35 heavy (non-hydrogen) atoms. The molecule has 2 aromatic carbocycles.